The highest BCUT2D eigenvalue weighted by Gasteiger charge is 2.43. The van der Waals surface area contributed by atoms with Crippen molar-refractivity contribution in [2.45, 2.75) is 83.0 Å². The fourth-order valence-corrected chi connectivity index (χ4v) is 4.72. The van der Waals surface area contributed by atoms with Gasteiger partial charge in [-0.05, 0) is 78.9 Å². The van der Waals surface area contributed by atoms with E-state index in [4.69, 9.17) is 5.14 Å². The summed E-state index contributed by atoms with van der Waals surface area (Å²) in [5, 5.41) is 8.34. The van der Waals surface area contributed by atoms with Crippen molar-refractivity contribution < 1.29 is 8.42 Å². The Kier molecular flexibility index (Phi) is 6.05. The molecule has 2 rings (SSSR count). The van der Waals surface area contributed by atoms with Crippen molar-refractivity contribution in [2.24, 2.45) is 11.1 Å². The van der Waals surface area contributed by atoms with E-state index in [9.17, 15) is 8.42 Å². The molecule has 26 heavy (non-hydrogen) atoms. The van der Waals surface area contributed by atoms with Gasteiger partial charge in [-0.15, -0.1) is 0 Å². The normalized spacial score (nSPS) is 22.3. The Balaban J connectivity index is 1.91. The van der Waals surface area contributed by atoms with Gasteiger partial charge in [0.25, 0.3) is 10.0 Å². The second kappa shape index (κ2) is 7.44. The summed E-state index contributed by atoms with van der Waals surface area (Å²) in [7, 11) is -3.78. The molecule has 0 bridgehead atoms. The topological polar surface area (TPSA) is 88.3 Å². The molecule has 2 heterocycles. The van der Waals surface area contributed by atoms with E-state index in [0.717, 1.165) is 19.4 Å². The number of nitrogens with zero attached hydrogens (tertiary/aromatic N) is 2. The predicted molar refractivity (Wildman–Crippen MR) is 107 cm³/mol. The first kappa shape index (κ1) is 21.1. The molecular weight excluding hydrogens is 348 g/mol. The van der Waals surface area contributed by atoms with Crippen LogP contribution in [0.1, 0.15) is 60.8 Å². The van der Waals surface area contributed by atoms with Gasteiger partial charge in [0.2, 0.25) is 0 Å². The highest BCUT2D eigenvalue weighted by atomic mass is 32.2. The molecule has 0 radical (unpaired) electrons. The minimum atomic E-state index is -3.78. The molecule has 2 unspecified atom stereocenters. The van der Waals surface area contributed by atoms with E-state index in [1.807, 2.05) is 0 Å². The third-order valence-corrected chi connectivity index (χ3v) is 6.00. The number of pyridine rings is 1. The molecule has 0 aromatic carbocycles. The Morgan fingerprint density at radius 2 is 2.04 bits per heavy atom. The SMILES string of the molecule is CC(CCC1CN(C(C)(C)C)C(C)(C)C1)Nc1cccc(S(N)(=O)=O)n1. The van der Waals surface area contributed by atoms with Gasteiger partial charge >= 0.3 is 0 Å². The van der Waals surface area contributed by atoms with Crippen LogP contribution in [0.4, 0.5) is 5.82 Å². The summed E-state index contributed by atoms with van der Waals surface area (Å²) < 4.78 is 22.9. The van der Waals surface area contributed by atoms with Crippen LogP contribution in [0.25, 0.3) is 0 Å². The van der Waals surface area contributed by atoms with Crippen molar-refractivity contribution in [3.63, 3.8) is 0 Å². The van der Waals surface area contributed by atoms with E-state index in [1.165, 1.54) is 12.5 Å². The number of hydrogen-bond donors (Lipinski definition) is 2. The van der Waals surface area contributed by atoms with Crippen molar-refractivity contribution in [1.82, 2.24) is 9.88 Å². The maximum atomic E-state index is 11.4. The number of anilines is 1. The van der Waals surface area contributed by atoms with Gasteiger partial charge in [0.1, 0.15) is 5.82 Å². The van der Waals surface area contributed by atoms with E-state index in [1.54, 1.807) is 12.1 Å². The van der Waals surface area contributed by atoms with Gasteiger partial charge in [0.15, 0.2) is 5.03 Å². The molecule has 1 aromatic rings. The minimum absolute atomic E-state index is 0.104. The zero-order valence-electron chi connectivity index (χ0n) is 16.9. The maximum absolute atomic E-state index is 11.4. The Morgan fingerprint density at radius 3 is 2.58 bits per heavy atom. The molecule has 1 aliphatic heterocycles. The fraction of sp³-hybridized carbons (Fsp3) is 0.737. The summed E-state index contributed by atoms with van der Waals surface area (Å²) in [4.78, 5) is 6.71. The van der Waals surface area contributed by atoms with Crippen LogP contribution in [0, 0.1) is 5.92 Å². The van der Waals surface area contributed by atoms with Gasteiger partial charge in [-0.1, -0.05) is 6.07 Å². The molecule has 0 saturated carbocycles. The molecule has 0 aliphatic carbocycles. The van der Waals surface area contributed by atoms with Gasteiger partial charge in [-0.3, -0.25) is 4.90 Å². The van der Waals surface area contributed by atoms with Gasteiger partial charge in [0.05, 0.1) is 0 Å². The van der Waals surface area contributed by atoms with Crippen molar-refractivity contribution in [3.8, 4) is 0 Å². The highest BCUT2D eigenvalue weighted by molar-refractivity contribution is 7.89. The third kappa shape index (κ3) is 5.41. The molecule has 6 nitrogen and oxygen atoms in total. The van der Waals surface area contributed by atoms with E-state index in [0.29, 0.717) is 11.7 Å². The number of sulfonamides is 1. The van der Waals surface area contributed by atoms with E-state index < -0.39 is 10.0 Å². The first-order chi connectivity index (χ1) is 11.8. The van der Waals surface area contributed by atoms with Gasteiger partial charge in [-0.2, -0.15) is 0 Å². The Morgan fingerprint density at radius 1 is 1.38 bits per heavy atom. The number of primary sulfonamides is 1. The van der Waals surface area contributed by atoms with Gasteiger partial charge in [-0.25, -0.2) is 18.5 Å². The lowest BCUT2D eigenvalue weighted by Gasteiger charge is -2.42. The van der Waals surface area contributed by atoms with Crippen molar-refractivity contribution >= 4 is 15.8 Å². The molecule has 1 fully saturated rings. The monoisotopic (exact) mass is 382 g/mol. The number of nitrogens with one attached hydrogen (secondary N) is 1. The summed E-state index contributed by atoms with van der Waals surface area (Å²) in [6.07, 6.45) is 3.36. The Bertz CT molecular complexity index is 725. The second-order valence-corrected chi connectivity index (χ2v) is 10.7. The number of aromatic nitrogens is 1. The largest absolute Gasteiger partial charge is 0.368 e. The average Bonchev–Trinajstić information content (AvgIpc) is 2.79. The minimum Gasteiger partial charge on any atom is -0.368 e. The summed E-state index contributed by atoms with van der Waals surface area (Å²) in [6.45, 7) is 14.8. The average molecular weight is 383 g/mol. The standard InChI is InChI=1S/C19H34N4O2S/c1-14(21-16-8-7-9-17(22-16)26(20,24)25)10-11-15-12-19(5,6)23(13-15)18(2,3)4/h7-9,14-15H,10-13H2,1-6H3,(H,21,22)(H2,20,24,25). The van der Waals surface area contributed by atoms with E-state index >= 15 is 0 Å². The van der Waals surface area contributed by atoms with Gasteiger partial charge in [0, 0.05) is 23.7 Å². The lowest BCUT2D eigenvalue weighted by molar-refractivity contribution is 0.0669. The molecule has 1 aromatic heterocycles. The maximum Gasteiger partial charge on any atom is 0.255 e. The second-order valence-electron chi connectivity index (χ2n) is 9.19. The highest BCUT2D eigenvalue weighted by Crippen LogP contribution is 2.39. The number of rotatable bonds is 6. The van der Waals surface area contributed by atoms with Crippen molar-refractivity contribution in [1.29, 1.82) is 0 Å². The number of likely N-dealkylation sites (tertiary alicyclic amines) is 1. The van der Waals surface area contributed by atoms with Gasteiger partial charge < -0.3 is 5.32 Å². The molecule has 1 saturated heterocycles. The molecule has 3 N–H and O–H groups in total. The summed E-state index contributed by atoms with van der Waals surface area (Å²) in [5.74, 6) is 1.23. The molecule has 0 spiro atoms. The fourth-order valence-electron chi connectivity index (χ4n) is 4.23. The van der Waals surface area contributed by atoms with E-state index in [-0.39, 0.29) is 22.1 Å². The van der Waals surface area contributed by atoms with E-state index in [2.05, 4.69) is 56.7 Å². The summed E-state index contributed by atoms with van der Waals surface area (Å²) in [6, 6.07) is 5.05. The molecule has 148 valence electrons. The quantitative estimate of drug-likeness (QED) is 0.789. The van der Waals surface area contributed by atoms with Crippen LogP contribution in [0.5, 0.6) is 0 Å². The third-order valence-electron chi connectivity index (χ3n) is 5.19. The zero-order valence-corrected chi connectivity index (χ0v) is 17.7. The van der Waals surface area contributed by atoms with Crippen LogP contribution in [0.2, 0.25) is 0 Å². The van der Waals surface area contributed by atoms with Crippen LogP contribution in [0.15, 0.2) is 23.2 Å². The zero-order chi connectivity index (χ0) is 19.8. The first-order valence-electron chi connectivity index (χ1n) is 9.33. The number of nitrogens with two attached hydrogens (primary N) is 1. The van der Waals surface area contributed by atoms with Crippen LogP contribution >= 0.6 is 0 Å². The van der Waals surface area contributed by atoms with Crippen molar-refractivity contribution in [2.75, 3.05) is 11.9 Å². The molecule has 2 atom stereocenters. The van der Waals surface area contributed by atoms with Crippen LogP contribution in [0.3, 0.4) is 0 Å². The predicted octanol–water partition coefficient (Wildman–Crippen LogP) is 3.21. The lowest BCUT2D eigenvalue weighted by Crippen LogP contribution is -2.50. The molecule has 1 aliphatic rings. The molecule has 0 amide bonds. The van der Waals surface area contributed by atoms with Crippen molar-refractivity contribution in [3.05, 3.63) is 18.2 Å². The van der Waals surface area contributed by atoms with Crippen LogP contribution in [-0.4, -0.2) is 42.0 Å². The Labute approximate surface area is 158 Å². The smallest absolute Gasteiger partial charge is 0.255 e. The van der Waals surface area contributed by atoms with Crippen LogP contribution < -0.4 is 10.5 Å². The first-order valence-corrected chi connectivity index (χ1v) is 10.9. The summed E-state index contributed by atoms with van der Waals surface area (Å²) >= 11 is 0. The molecular formula is C19H34N4O2S. The lowest BCUT2D eigenvalue weighted by atomic mass is 9.91. The Hall–Kier alpha value is -1.18. The number of hydrogen-bond acceptors (Lipinski definition) is 5. The molecule has 7 heteroatoms. The van der Waals surface area contributed by atoms with Crippen LogP contribution in [-0.2, 0) is 10.0 Å². The summed E-state index contributed by atoms with van der Waals surface area (Å²) in [5.41, 5.74) is 0.408.